The van der Waals surface area contributed by atoms with Gasteiger partial charge in [0.15, 0.2) is 5.65 Å². The average molecular weight is 481 g/mol. The molecule has 182 valence electrons. The van der Waals surface area contributed by atoms with E-state index in [1.54, 1.807) is 0 Å². The van der Waals surface area contributed by atoms with Gasteiger partial charge in [-0.2, -0.15) is 5.10 Å². The Hall–Kier alpha value is -4.38. The van der Waals surface area contributed by atoms with Gasteiger partial charge in [0, 0.05) is 31.5 Å². The van der Waals surface area contributed by atoms with Gasteiger partial charge in [-0.1, -0.05) is 18.2 Å². The minimum atomic E-state index is 0.00145. The SMILES string of the molecule is C#CCCCC(=O)N1CCCC(n2nc(-c3ccc(Oc4ccccc4)cc3)c3c(N)ncnc32)C1. The second-order valence-electron chi connectivity index (χ2n) is 8.88. The van der Waals surface area contributed by atoms with Gasteiger partial charge in [-0.15, -0.1) is 12.3 Å². The molecule has 5 rings (SSSR count). The van der Waals surface area contributed by atoms with Crippen molar-refractivity contribution in [2.24, 2.45) is 0 Å². The molecule has 2 aromatic heterocycles. The first-order valence-electron chi connectivity index (χ1n) is 12.2. The Labute approximate surface area is 210 Å². The lowest BCUT2D eigenvalue weighted by Crippen LogP contribution is -2.40. The number of piperidine rings is 1. The van der Waals surface area contributed by atoms with Gasteiger partial charge in [-0.25, -0.2) is 14.6 Å². The molecule has 0 bridgehead atoms. The number of para-hydroxylation sites is 1. The fraction of sp³-hybridized carbons (Fsp3) is 0.286. The molecule has 0 radical (unpaired) electrons. The molecule has 1 amide bonds. The topological polar surface area (TPSA) is 99.2 Å². The van der Waals surface area contributed by atoms with Crippen LogP contribution in [0.3, 0.4) is 0 Å². The molecule has 1 unspecified atom stereocenters. The van der Waals surface area contributed by atoms with Crippen LogP contribution in [0.15, 0.2) is 60.9 Å². The number of ether oxygens (including phenoxy) is 1. The number of nitrogens with zero attached hydrogens (tertiary/aromatic N) is 5. The lowest BCUT2D eigenvalue weighted by Gasteiger charge is -2.33. The first-order valence-corrected chi connectivity index (χ1v) is 12.2. The van der Waals surface area contributed by atoms with Crippen molar-refractivity contribution < 1.29 is 9.53 Å². The summed E-state index contributed by atoms with van der Waals surface area (Å²) in [7, 11) is 0. The number of aromatic nitrogens is 4. The van der Waals surface area contributed by atoms with E-state index in [0.29, 0.717) is 48.4 Å². The van der Waals surface area contributed by atoms with Gasteiger partial charge in [-0.3, -0.25) is 4.79 Å². The highest BCUT2D eigenvalue weighted by Gasteiger charge is 2.28. The maximum atomic E-state index is 12.7. The summed E-state index contributed by atoms with van der Waals surface area (Å²) < 4.78 is 7.84. The Balaban J connectivity index is 1.42. The molecule has 8 heteroatoms. The normalized spacial score (nSPS) is 15.5. The van der Waals surface area contributed by atoms with Crippen molar-refractivity contribution in [3.8, 4) is 35.1 Å². The molecule has 2 N–H and O–H groups in total. The highest BCUT2D eigenvalue weighted by Crippen LogP contribution is 2.35. The molecule has 1 atom stereocenters. The number of likely N-dealkylation sites (tertiary alicyclic amines) is 1. The number of rotatable bonds is 7. The molecule has 0 aliphatic carbocycles. The lowest BCUT2D eigenvalue weighted by molar-refractivity contribution is -0.132. The van der Waals surface area contributed by atoms with E-state index in [9.17, 15) is 4.79 Å². The number of unbranched alkanes of at least 4 members (excludes halogenated alkanes) is 1. The molecule has 8 nitrogen and oxygen atoms in total. The van der Waals surface area contributed by atoms with E-state index in [2.05, 4.69) is 15.9 Å². The lowest BCUT2D eigenvalue weighted by atomic mass is 10.0. The van der Waals surface area contributed by atoms with Gasteiger partial charge in [0.1, 0.15) is 29.3 Å². The predicted octanol–water partition coefficient (Wildman–Crippen LogP) is 4.83. The van der Waals surface area contributed by atoms with Crippen molar-refractivity contribution in [3.63, 3.8) is 0 Å². The van der Waals surface area contributed by atoms with Crippen LogP contribution in [0, 0.1) is 12.3 Å². The van der Waals surface area contributed by atoms with E-state index in [4.69, 9.17) is 22.0 Å². The van der Waals surface area contributed by atoms with Gasteiger partial charge in [0.05, 0.1) is 11.4 Å². The van der Waals surface area contributed by atoms with Crippen LogP contribution in [-0.2, 0) is 4.79 Å². The number of carbonyl (C=O) groups excluding carboxylic acids is 1. The standard InChI is InChI=1S/C28H28N6O2/c1-2-3-5-12-24(35)33-17-8-9-21(18-33)34-28-25(27(29)30-19-31-28)26(32-34)20-13-15-23(16-14-20)36-22-10-6-4-7-11-22/h1,4,6-7,10-11,13-16,19,21H,3,5,8-9,12,17-18H2,(H2,29,30,31). The first kappa shape index (κ1) is 23.4. The van der Waals surface area contributed by atoms with E-state index in [1.165, 1.54) is 6.33 Å². The number of carbonyl (C=O) groups is 1. The largest absolute Gasteiger partial charge is 0.457 e. The van der Waals surface area contributed by atoms with Crippen molar-refractivity contribution in [2.45, 2.75) is 38.1 Å². The second-order valence-corrected chi connectivity index (χ2v) is 8.88. The zero-order chi connectivity index (χ0) is 24.9. The minimum Gasteiger partial charge on any atom is -0.457 e. The van der Waals surface area contributed by atoms with Crippen molar-refractivity contribution in [1.82, 2.24) is 24.6 Å². The number of anilines is 1. The first-order chi connectivity index (χ1) is 17.6. The van der Waals surface area contributed by atoms with E-state index in [1.807, 2.05) is 64.2 Å². The number of hydrogen-bond donors (Lipinski definition) is 1. The van der Waals surface area contributed by atoms with Crippen molar-refractivity contribution >= 4 is 22.8 Å². The summed E-state index contributed by atoms with van der Waals surface area (Å²) in [6.07, 6.45) is 10.4. The third-order valence-electron chi connectivity index (χ3n) is 6.43. The monoisotopic (exact) mass is 480 g/mol. The average Bonchev–Trinajstić information content (AvgIpc) is 3.31. The van der Waals surface area contributed by atoms with E-state index in [0.717, 1.165) is 36.4 Å². The van der Waals surface area contributed by atoms with Gasteiger partial charge < -0.3 is 15.4 Å². The zero-order valence-electron chi connectivity index (χ0n) is 20.0. The Kier molecular flexibility index (Phi) is 6.80. The zero-order valence-corrected chi connectivity index (χ0v) is 20.0. The minimum absolute atomic E-state index is 0.00145. The van der Waals surface area contributed by atoms with Crippen LogP contribution in [0.25, 0.3) is 22.3 Å². The molecule has 1 aliphatic rings. The van der Waals surface area contributed by atoms with E-state index in [-0.39, 0.29) is 11.9 Å². The van der Waals surface area contributed by atoms with Crippen molar-refractivity contribution in [1.29, 1.82) is 0 Å². The summed E-state index contributed by atoms with van der Waals surface area (Å²) >= 11 is 0. The van der Waals surface area contributed by atoms with Crippen LogP contribution < -0.4 is 10.5 Å². The number of nitrogens with two attached hydrogens (primary N) is 1. The molecule has 2 aromatic carbocycles. The molecule has 1 saturated heterocycles. The number of amides is 1. The van der Waals surface area contributed by atoms with Crippen molar-refractivity contribution in [3.05, 3.63) is 60.9 Å². The molecule has 1 fully saturated rings. The summed E-state index contributed by atoms with van der Waals surface area (Å²) in [5, 5.41) is 5.67. The van der Waals surface area contributed by atoms with Gasteiger partial charge >= 0.3 is 0 Å². The summed E-state index contributed by atoms with van der Waals surface area (Å²) in [6, 6.07) is 17.4. The van der Waals surface area contributed by atoms with Gasteiger partial charge in [-0.05, 0) is 55.7 Å². The maximum absolute atomic E-state index is 12.7. The summed E-state index contributed by atoms with van der Waals surface area (Å²) in [5.41, 5.74) is 8.58. The van der Waals surface area contributed by atoms with Gasteiger partial charge in [0.2, 0.25) is 5.91 Å². The summed E-state index contributed by atoms with van der Waals surface area (Å²) in [6.45, 7) is 1.33. The Morgan fingerprint density at radius 1 is 1.11 bits per heavy atom. The van der Waals surface area contributed by atoms with Crippen LogP contribution in [-0.4, -0.2) is 43.6 Å². The molecule has 4 aromatic rings. The predicted molar refractivity (Wildman–Crippen MR) is 139 cm³/mol. The Morgan fingerprint density at radius 3 is 2.67 bits per heavy atom. The highest BCUT2D eigenvalue weighted by atomic mass is 16.5. The smallest absolute Gasteiger partial charge is 0.222 e. The van der Waals surface area contributed by atoms with Crippen LogP contribution in [0.2, 0.25) is 0 Å². The third-order valence-corrected chi connectivity index (χ3v) is 6.43. The molecular weight excluding hydrogens is 452 g/mol. The summed E-state index contributed by atoms with van der Waals surface area (Å²) in [5.74, 6) is 4.61. The van der Waals surface area contributed by atoms with Crippen LogP contribution in [0.4, 0.5) is 5.82 Å². The fourth-order valence-corrected chi connectivity index (χ4v) is 4.64. The quantitative estimate of drug-likeness (QED) is 0.300. The van der Waals surface area contributed by atoms with E-state index < -0.39 is 0 Å². The van der Waals surface area contributed by atoms with E-state index >= 15 is 0 Å². The number of terminal acetylenes is 1. The molecular formula is C28H28N6O2. The van der Waals surface area contributed by atoms with Crippen LogP contribution >= 0.6 is 0 Å². The molecule has 36 heavy (non-hydrogen) atoms. The number of fused-ring (bicyclic) bond motifs is 1. The van der Waals surface area contributed by atoms with Gasteiger partial charge in [0.25, 0.3) is 0 Å². The highest BCUT2D eigenvalue weighted by molar-refractivity contribution is 5.98. The molecule has 1 aliphatic heterocycles. The van der Waals surface area contributed by atoms with Crippen LogP contribution in [0.5, 0.6) is 11.5 Å². The van der Waals surface area contributed by atoms with Crippen LogP contribution in [0.1, 0.15) is 38.1 Å². The summed E-state index contributed by atoms with van der Waals surface area (Å²) in [4.78, 5) is 23.4. The molecule has 3 heterocycles. The maximum Gasteiger partial charge on any atom is 0.222 e. The molecule has 0 saturated carbocycles. The third kappa shape index (κ3) is 4.86. The second kappa shape index (κ2) is 10.5. The molecule has 0 spiro atoms. The Bertz CT molecular complexity index is 1390. The fourth-order valence-electron chi connectivity index (χ4n) is 4.64. The number of benzene rings is 2. The van der Waals surface area contributed by atoms with Crippen molar-refractivity contribution in [2.75, 3.05) is 18.8 Å². The number of nitrogen functional groups attached to an aromatic ring is 1. The number of hydrogen-bond acceptors (Lipinski definition) is 6. The Morgan fingerprint density at radius 2 is 1.89 bits per heavy atom.